The van der Waals surface area contributed by atoms with Crippen LogP contribution in [0.3, 0.4) is 0 Å². The van der Waals surface area contributed by atoms with E-state index in [0.717, 1.165) is 0 Å². The standard InChI is InChI=1S/C29H29NO7/c1-6-35-28(32)21-16(3)30-17(4)22(29(33)36-7-2)23(21)19-14-11-15-20-24(31)27(34-5)25(37-26(19)20)18-12-9-8-10-13-18/h8-15,23,30H,6-7H2,1-5H3. The highest BCUT2D eigenvalue weighted by Gasteiger charge is 2.39. The normalized spacial score (nSPS) is 14.0. The van der Waals surface area contributed by atoms with Crippen LogP contribution < -0.4 is 15.5 Å². The second kappa shape index (κ2) is 10.7. The Morgan fingerprint density at radius 1 is 0.892 bits per heavy atom. The second-order valence-corrected chi connectivity index (χ2v) is 8.46. The zero-order valence-electron chi connectivity index (χ0n) is 21.5. The molecule has 1 aliphatic heterocycles. The molecule has 8 heteroatoms. The molecule has 3 aromatic rings. The van der Waals surface area contributed by atoms with Gasteiger partial charge in [-0.1, -0.05) is 42.5 Å². The number of nitrogens with one attached hydrogen (secondary N) is 1. The zero-order valence-corrected chi connectivity index (χ0v) is 21.5. The van der Waals surface area contributed by atoms with Gasteiger partial charge < -0.3 is 23.9 Å². The lowest BCUT2D eigenvalue weighted by Gasteiger charge is -2.30. The maximum atomic E-state index is 13.5. The van der Waals surface area contributed by atoms with Crippen LogP contribution >= 0.6 is 0 Å². The summed E-state index contributed by atoms with van der Waals surface area (Å²) in [4.78, 5) is 40.0. The van der Waals surface area contributed by atoms with Crippen LogP contribution in [0.5, 0.6) is 5.75 Å². The average molecular weight is 504 g/mol. The molecule has 2 heterocycles. The Kier molecular flexibility index (Phi) is 7.47. The maximum absolute atomic E-state index is 13.5. The number of dihydropyridines is 1. The number of benzene rings is 2. The van der Waals surface area contributed by atoms with Crippen molar-refractivity contribution >= 4 is 22.9 Å². The van der Waals surface area contributed by atoms with Crippen molar-refractivity contribution in [1.82, 2.24) is 5.32 Å². The van der Waals surface area contributed by atoms with Crippen molar-refractivity contribution in [1.29, 1.82) is 0 Å². The Bertz CT molecular complexity index is 1440. The van der Waals surface area contributed by atoms with E-state index in [4.69, 9.17) is 18.6 Å². The van der Waals surface area contributed by atoms with Gasteiger partial charge in [-0.25, -0.2) is 9.59 Å². The fourth-order valence-electron chi connectivity index (χ4n) is 4.68. The minimum atomic E-state index is -0.900. The number of carbonyl (C=O) groups is 2. The van der Waals surface area contributed by atoms with Gasteiger partial charge in [0.05, 0.1) is 42.8 Å². The number of carbonyl (C=O) groups excluding carboxylic acids is 2. The molecule has 192 valence electrons. The van der Waals surface area contributed by atoms with Gasteiger partial charge >= 0.3 is 11.9 Å². The van der Waals surface area contributed by atoms with E-state index in [9.17, 15) is 14.4 Å². The van der Waals surface area contributed by atoms with E-state index in [1.165, 1.54) is 7.11 Å². The third kappa shape index (κ3) is 4.62. The lowest BCUT2D eigenvalue weighted by atomic mass is 9.79. The molecule has 0 saturated carbocycles. The maximum Gasteiger partial charge on any atom is 0.336 e. The molecule has 2 aromatic carbocycles. The van der Waals surface area contributed by atoms with Gasteiger partial charge in [0.25, 0.3) is 0 Å². The summed E-state index contributed by atoms with van der Waals surface area (Å²) in [6, 6.07) is 14.2. The first-order valence-corrected chi connectivity index (χ1v) is 12.1. The molecule has 0 atom stereocenters. The van der Waals surface area contributed by atoms with Gasteiger partial charge in [-0.3, -0.25) is 4.79 Å². The highest BCUT2D eigenvalue weighted by Crippen LogP contribution is 2.43. The van der Waals surface area contributed by atoms with Crippen molar-refractivity contribution in [2.75, 3.05) is 20.3 Å². The van der Waals surface area contributed by atoms with Crippen LogP contribution in [0.25, 0.3) is 22.3 Å². The van der Waals surface area contributed by atoms with Crippen LogP contribution in [0.15, 0.2) is 80.3 Å². The zero-order chi connectivity index (χ0) is 26.7. The summed E-state index contributed by atoms with van der Waals surface area (Å²) in [6.45, 7) is 7.21. The fourth-order valence-corrected chi connectivity index (χ4v) is 4.68. The molecule has 1 N–H and O–H groups in total. The number of ether oxygens (including phenoxy) is 3. The van der Waals surface area contributed by atoms with Crippen LogP contribution in [0.1, 0.15) is 39.2 Å². The van der Waals surface area contributed by atoms with Crippen LogP contribution in [0.2, 0.25) is 0 Å². The van der Waals surface area contributed by atoms with E-state index in [1.807, 2.05) is 30.3 Å². The van der Waals surface area contributed by atoms with Gasteiger partial charge in [0.15, 0.2) is 5.76 Å². The van der Waals surface area contributed by atoms with Gasteiger partial charge in [-0.15, -0.1) is 0 Å². The van der Waals surface area contributed by atoms with Crippen molar-refractivity contribution in [3.05, 3.63) is 86.9 Å². The summed E-state index contributed by atoms with van der Waals surface area (Å²) in [7, 11) is 1.41. The molecule has 1 aliphatic rings. The molecular formula is C29H29NO7. The van der Waals surface area contributed by atoms with Gasteiger partial charge in [-0.2, -0.15) is 0 Å². The van der Waals surface area contributed by atoms with Crippen molar-refractivity contribution in [2.24, 2.45) is 0 Å². The molecule has 0 fully saturated rings. The van der Waals surface area contributed by atoms with Gasteiger partial charge in [-0.05, 0) is 33.8 Å². The molecule has 0 saturated heterocycles. The molecule has 0 spiro atoms. The second-order valence-electron chi connectivity index (χ2n) is 8.46. The molecule has 37 heavy (non-hydrogen) atoms. The van der Waals surface area contributed by atoms with E-state index in [2.05, 4.69) is 5.32 Å². The van der Waals surface area contributed by atoms with Crippen molar-refractivity contribution in [3.8, 4) is 17.1 Å². The van der Waals surface area contributed by atoms with Crippen LogP contribution in [0.4, 0.5) is 0 Å². The van der Waals surface area contributed by atoms with Crippen LogP contribution in [-0.4, -0.2) is 32.3 Å². The Balaban J connectivity index is 2.08. The first kappa shape index (κ1) is 25.8. The minimum absolute atomic E-state index is 0.0656. The lowest BCUT2D eigenvalue weighted by molar-refractivity contribution is -0.139. The van der Waals surface area contributed by atoms with Crippen molar-refractivity contribution in [3.63, 3.8) is 0 Å². The molecule has 0 radical (unpaired) electrons. The summed E-state index contributed by atoms with van der Waals surface area (Å²) in [6.07, 6.45) is 0. The Morgan fingerprint density at radius 3 is 2.03 bits per heavy atom. The third-order valence-corrected chi connectivity index (χ3v) is 6.21. The fraction of sp³-hybridized carbons (Fsp3) is 0.276. The number of hydrogen-bond acceptors (Lipinski definition) is 8. The number of methoxy groups -OCH3 is 1. The summed E-state index contributed by atoms with van der Waals surface area (Å²) in [5.74, 6) is -1.75. The molecule has 0 bridgehead atoms. The molecule has 0 unspecified atom stereocenters. The summed E-state index contributed by atoms with van der Waals surface area (Å²) >= 11 is 0. The number of allylic oxidation sites excluding steroid dienone is 2. The highest BCUT2D eigenvalue weighted by atomic mass is 16.5. The van der Waals surface area contributed by atoms with E-state index in [-0.39, 0.29) is 52.3 Å². The predicted octanol–water partition coefficient (Wildman–Crippen LogP) is 4.83. The monoisotopic (exact) mass is 503 g/mol. The van der Waals surface area contributed by atoms with Crippen molar-refractivity contribution < 1.29 is 28.2 Å². The number of rotatable bonds is 7. The van der Waals surface area contributed by atoms with Crippen LogP contribution in [0, 0.1) is 0 Å². The van der Waals surface area contributed by atoms with E-state index in [0.29, 0.717) is 22.5 Å². The summed E-state index contributed by atoms with van der Waals surface area (Å²) in [5.41, 5.74) is 2.52. The largest absolute Gasteiger partial charge is 0.490 e. The van der Waals surface area contributed by atoms with Crippen molar-refractivity contribution in [2.45, 2.75) is 33.6 Å². The van der Waals surface area contributed by atoms with Crippen LogP contribution in [-0.2, 0) is 19.1 Å². The lowest BCUT2D eigenvalue weighted by Crippen LogP contribution is -2.32. The molecular weight excluding hydrogens is 474 g/mol. The highest BCUT2D eigenvalue weighted by molar-refractivity contribution is 6.01. The quantitative estimate of drug-likeness (QED) is 0.457. The first-order valence-electron chi connectivity index (χ1n) is 12.1. The molecule has 8 nitrogen and oxygen atoms in total. The molecule has 0 amide bonds. The Labute approximate surface area is 214 Å². The average Bonchev–Trinajstić information content (AvgIpc) is 2.88. The molecule has 4 rings (SSSR count). The van der Waals surface area contributed by atoms with Gasteiger partial charge in [0, 0.05) is 22.5 Å². The van der Waals surface area contributed by atoms with E-state index < -0.39 is 17.9 Å². The van der Waals surface area contributed by atoms with E-state index in [1.54, 1.807) is 45.9 Å². The number of fused-ring (bicyclic) bond motifs is 1. The Hall–Kier alpha value is -4.33. The topological polar surface area (TPSA) is 104 Å². The minimum Gasteiger partial charge on any atom is -0.490 e. The summed E-state index contributed by atoms with van der Waals surface area (Å²) < 4.78 is 22.6. The predicted molar refractivity (Wildman–Crippen MR) is 139 cm³/mol. The number of para-hydroxylation sites is 1. The first-order chi connectivity index (χ1) is 17.8. The molecule has 1 aromatic heterocycles. The third-order valence-electron chi connectivity index (χ3n) is 6.21. The van der Waals surface area contributed by atoms with E-state index >= 15 is 0 Å². The SMILES string of the molecule is CCOC(=O)C1=C(C)NC(C)=C(C(=O)OCC)C1c1cccc2c(=O)c(OC)c(-c3ccccc3)oc12. The van der Waals surface area contributed by atoms with Gasteiger partial charge in [0.2, 0.25) is 11.2 Å². The Morgan fingerprint density at radius 2 is 1.49 bits per heavy atom. The summed E-state index contributed by atoms with van der Waals surface area (Å²) in [5, 5.41) is 3.38. The number of esters is 2. The number of hydrogen-bond donors (Lipinski definition) is 1. The smallest absolute Gasteiger partial charge is 0.336 e. The van der Waals surface area contributed by atoms with Gasteiger partial charge in [0.1, 0.15) is 5.58 Å². The molecule has 0 aliphatic carbocycles.